The molecule has 4 atom stereocenters. The molecule has 5 nitrogen and oxygen atoms in total. The van der Waals surface area contributed by atoms with Gasteiger partial charge in [-0.25, -0.2) is 0 Å². The Morgan fingerprint density at radius 2 is 1.89 bits per heavy atom. The van der Waals surface area contributed by atoms with Crippen molar-refractivity contribution >= 4 is 46.1 Å². The molecule has 2 aromatic heterocycles. The quantitative estimate of drug-likeness (QED) is 0.513. The van der Waals surface area contributed by atoms with Gasteiger partial charge in [-0.1, -0.05) is 30.3 Å². The first kappa shape index (κ1) is 21.7. The number of carbonyl (C=O) groups is 2. The van der Waals surface area contributed by atoms with E-state index in [4.69, 9.17) is 0 Å². The van der Waals surface area contributed by atoms with Gasteiger partial charge in [0.05, 0.1) is 5.41 Å². The predicted octanol–water partition coefficient (Wildman–Crippen LogP) is 4.80. The molecule has 178 valence electrons. The van der Waals surface area contributed by atoms with Crippen molar-refractivity contribution in [1.82, 2.24) is 9.80 Å². The minimum atomic E-state index is -1.01. The molecule has 1 N–H and O–H groups in total. The molecule has 4 aliphatic rings. The second kappa shape index (κ2) is 7.71. The third-order valence-corrected chi connectivity index (χ3v) is 10.3. The summed E-state index contributed by atoms with van der Waals surface area (Å²) in [4.78, 5) is 36.3. The molecule has 3 aromatic rings. The molecule has 35 heavy (non-hydrogen) atoms. The minimum absolute atomic E-state index is 0.0381. The number of anilines is 1. The maximum Gasteiger partial charge on any atom is 0.250 e. The maximum absolute atomic E-state index is 15.0. The molecule has 7 rings (SSSR count). The molecule has 0 radical (unpaired) electrons. The summed E-state index contributed by atoms with van der Waals surface area (Å²) in [5, 5.41) is 7.36. The highest BCUT2D eigenvalue weighted by atomic mass is 32.1. The molecule has 0 unspecified atom stereocenters. The number of benzene rings is 1. The first-order chi connectivity index (χ1) is 17.1. The third kappa shape index (κ3) is 2.70. The third-order valence-electron chi connectivity index (χ3n) is 8.55. The highest BCUT2D eigenvalue weighted by Crippen LogP contribution is 2.68. The van der Waals surface area contributed by atoms with Crippen LogP contribution in [0, 0.1) is 5.41 Å². The van der Waals surface area contributed by atoms with Crippen LogP contribution in [0.4, 0.5) is 5.69 Å². The predicted molar refractivity (Wildman–Crippen MR) is 141 cm³/mol. The standard InChI is InChI=1S/C28H27N3O2S2/c1-30-16-18(15-19-7-5-13-34-19)25(32)27(17-30)24(23-11-6-14-35-23)22-10-4-12-31(22)28(27)20-8-2-3-9-21(20)29-26(28)33/h2-3,5-9,11,13-15,22,24H,4,10,12,16-17H2,1H3,(H,29,33)/b18-15+/t22-,24+,27-,28-/m0/s1. The van der Waals surface area contributed by atoms with Crippen molar-refractivity contribution in [1.29, 1.82) is 0 Å². The van der Waals surface area contributed by atoms with Crippen molar-refractivity contribution in [2.75, 3.05) is 32.0 Å². The van der Waals surface area contributed by atoms with Crippen LogP contribution in [0.3, 0.4) is 0 Å². The summed E-state index contributed by atoms with van der Waals surface area (Å²) in [5.41, 5.74) is 0.699. The molecular formula is C28H27N3O2S2. The van der Waals surface area contributed by atoms with Gasteiger partial charge in [0, 0.05) is 51.6 Å². The minimum Gasteiger partial charge on any atom is -0.324 e. The van der Waals surface area contributed by atoms with E-state index in [9.17, 15) is 9.59 Å². The zero-order valence-electron chi connectivity index (χ0n) is 19.6. The lowest BCUT2D eigenvalue weighted by molar-refractivity contribution is -0.147. The fraction of sp³-hybridized carbons (Fsp3) is 0.357. The molecule has 6 heterocycles. The molecule has 0 bridgehead atoms. The lowest BCUT2D eigenvalue weighted by Crippen LogP contribution is -2.65. The fourth-order valence-electron chi connectivity index (χ4n) is 7.61. The van der Waals surface area contributed by atoms with Crippen molar-refractivity contribution in [2.45, 2.75) is 30.3 Å². The first-order valence-corrected chi connectivity index (χ1v) is 14.0. The number of carbonyl (C=O) groups excluding carboxylic acids is 2. The summed E-state index contributed by atoms with van der Waals surface area (Å²) >= 11 is 3.37. The van der Waals surface area contributed by atoms with E-state index in [2.05, 4.69) is 57.9 Å². The summed E-state index contributed by atoms with van der Waals surface area (Å²) in [6.45, 7) is 1.99. The van der Waals surface area contributed by atoms with E-state index in [1.165, 1.54) is 4.88 Å². The number of rotatable bonds is 2. The Bertz CT molecular complexity index is 1350. The van der Waals surface area contributed by atoms with E-state index < -0.39 is 11.0 Å². The Morgan fingerprint density at radius 3 is 2.69 bits per heavy atom. The average molecular weight is 502 g/mol. The molecule has 1 amide bonds. The number of likely N-dealkylation sites (N-methyl/N-ethyl adjacent to an activating group) is 1. The van der Waals surface area contributed by atoms with Gasteiger partial charge in [0.2, 0.25) is 0 Å². The second-order valence-corrected chi connectivity index (χ2v) is 12.2. The van der Waals surface area contributed by atoms with Gasteiger partial charge < -0.3 is 10.2 Å². The van der Waals surface area contributed by atoms with Crippen molar-refractivity contribution in [3.8, 4) is 0 Å². The van der Waals surface area contributed by atoms with E-state index in [0.717, 1.165) is 41.1 Å². The van der Waals surface area contributed by atoms with E-state index in [0.29, 0.717) is 13.1 Å². The van der Waals surface area contributed by atoms with Gasteiger partial charge in [0.25, 0.3) is 5.91 Å². The number of ketones is 1. The second-order valence-electron chi connectivity index (χ2n) is 10.3. The Morgan fingerprint density at radius 1 is 1.06 bits per heavy atom. The Hall–Kier alpha value is -2.58. The Labute approximate surface area is 213 Å². The van der Waals surface area contributed by atoms with Crippen LogP contribution in [0.2, 0.25) is 0 Å². The van der Waals surface area contributed by atoms with Crippen molar-refractivity contribution in [3.63, 3.8) is 0 Å². The van der Waals surface area contributed by atoms with Crippen molar-refractivity contribution < 1.29 is 9.59 Å². The maximum atomic E-state index is 15.0. The number of hydrogen-bond acceptors (Lipinski definition) is 6. The zero-order valence-corrected chi connectivity index (χ0v) is 21.2. The number of hydrogen-bond donors (Lipinski definition) is 1. The monoisotopic (exact) mass is 501 g/mol. The van der Waals surface area contributed by atoms with Crippen molar-refractivity contribution in [3.05, 3.63) is 80.2 Å². The topological polar surface area (TPSA) is 52.7 Å². The molecule has 3 fully saturated rings. The normalized spacial score (nSPS) is 33.7. The lowest BCUT2D eigenvalue weighted by Gasteiger charge is -2.51. The molecule has 2 spiro atoms. The number of nitrogens with zero attached hydrogens (tertiary/aromatic N) is 2. The van der Waals surface area contributed by atoms with Crippen LogP contribution in [0.1, 0.15) is 34.1 Å². The Kier molecular flexibility index (Phi) is 4.77. The summed E-state index contributed by atoms with van der Waals surface area (Å²) in [6.07, 6.45) is 4.11. The number of likely N-dealkylation sites (tertiary alicyclic amines) is 1. The zero-order chi connectivity index (χ0) is 23.8. The van der Waals surface area contributed by atoms with Gasteiger partial charge in [0.1, 0.15) is 5.54 Å². The largest absolute Gasteiger partial charge is 0.324 e. The van der Waals surface area contributed by atoms with Crippen LogP contribution in [-0.2, 0) is 15.1 Å². The van der Waals surface area contributed by atoms with Gasteiger partial charge in [0.15, 0.2) is 5.78 Å². The number of thiophene rings is 2. The molecule has 3 saturated heterocycles. The number of Topliss-reactive ketones (excluding diaryl/α,β-unsaturated/α-hetero) is 1. The van der Waals surface area contributed by atoms with Gasteiger partial charge in [-0.15, -0.1) is 22.7 Å². The number of fused-ring (bicyclic) bond motifs is 5. The molecule has 0 saturated carbocycles. The molecule has 7 heteroatoms. The van der Waals surface area contributed by atoms with Gasteiger partial charge in [-0.2, -0.15) is 0 Å². The first-order valence-electron chi connectivity index (χ1n) is 12.3. The number of amides is 1. The molecule has 0 aliphatic carbocycles. The van der Waals surface area contributed by atoms with E-state index in [1.807, 2.05) is 29.6 Å². The number of piperidine rings is 1. The lowest BCUT2D eigenvalue weighted by atomic mass is 9.56. The van der Waals surface area contributed by atoms with Crippen molar-refractivity contribution in [2.24, 2.45) is 5.41 Å². The van der Waals surface area contributed by atoms with Crippen LogP contribution >= 0.6 is 22.7 Å². The SMILES string of the molecule is CN1C/C(=C\c2cccs2)C(=O)[C@]2(C1)[C@@H](c1cccs1)[C@@H]1CCCN1[C@@]21C(=O)Nc2ccccc21. The fourth-order valence-corrected chi connectivity index (χ4v) is 9.27. The molecular weight excluding hydrogens is 474 g/mol. The van der Waals surface area contributed by atoms with Gasteiger partial charge in [-0.3, -0.25) is 14.5 Å². The van der Waals surface area contributed by atoms with Gasteiger partial charge >= 0.3 is 0 Å². The van der Waals surface area contributed by atoms with Gasteiger partial charge in [-0.05, 0) is 61.5 Å². The van der Waals surface area contributed by atoms with Crippen LogP contribution in [0.15, 0.2) is 64.9 Å². The highest BCUT2D eigenvalue weighted by molar-refractivity contribution is 7.11. The molecule has 1 aromatic carbocycles. The van der Waals surface area contributed by atoms with E-state index >= 15 is 0 Å². The summed E-state index contributed by atoms with van der Waals surface area (Å²) in [7, 11) is 2.10. The van der Waals surface area contributed by atoms with E-state index in [-0.39, 0.29) is 23.7 Å². The van der Waals surface area contributed by atoms with Crippen LogP contribution < -0.4 is 5.32 Å². The summed E-state index contributed by atoms with van der Waals surface area (Å²) in [5.74, 6) is 0.0660. The average Bonchev–Trinajstić information content (AvgIpc) is 3.65. The van der Waals surface area contributed by atoms with E-state index in [1.54, 1.807) is 22.7 Å². The Balaban J connectivity index is 1.55. The summed E-state index contributed by atoms with van der Waals surface area (Å²) in [6, 6.07) is 16.5. The smallest absolute Gasteiger partial charge is 0.250 e. The summed E-state index contributed by atoms with van der Waals surface area (Å²) < 4.78 is 0. The number of nitrogens with one attached hydrogen (secondary N) is 1. The van der Waals surface area contributed by atoms with Crippen LogP contribution in [-0.4, -0.2) is 54.2 Å². The van der Waals surface area contributed by atoms with Crippen LogP contribution in [0.5, 0.6) is 0 Å². The van der Waals surface area contributed by atoms with Crippen LogP contribution in [0.25, 0.3) is 6.08 Å². The molecule has 4 aliphatic heterocycles. The highest BCUT2D eigenvalue weighted by Gasteiger charge is 2.78. The number of para-hydroxylation sites is 1.